The van der Waals surface area contributed by atoms with Gasteiger partial charge < -0.3 is 0 Å². The summed E-state index contributed by atoms with van der Waals surface area (Å²) in [5.41, 5.74) is 0.743. The Labute approximate surface area is 281 Å². The third-order valence-electron chi connectivity index (χ3n) is 8.30. The third-order valence-corrected chi connectivity index (χ3v) is 8.30. The number of rotatable bonds is 28. The minimum Gasteiger partial charge on any atom is -0.264 e. The summed E-state index contributed by atoms with van der Waals surface area (Å²) in [5.74, 6) is 0. The van der Waals surface area contributed by atoms with Gasteiger partial charge in [-0.15, -0.1) is 0 Å². The molecule has 46 heavy (non-hydrogen) atoms. The average molecular weight is 652 g/mol. The van der Waals surface area contributed by atoms with Crippen LogP contribution in [0.1, 0.15) is 187 Å². The molecule has 0 aliphatic rings. The van der Waals surface area contributed by atoms with Gasteiger partial charge in [0.1, 0.15) is 0 Å². The van der Waals surface area contributed by atoms with Gasteiger partial charge in [-0.1, -0.05) is 161 Å². The first-order valence-electron chi connectivity index (χ1n) is 18.7. The van der Waals surface area contributed by atoms with Crippen LogP contribution < -0.4 is 0 Å². The van der Waals surface area contributed by atoms with Crippen LogP contribution in [0, 0.1) is 30.3 Å². The van der Waals surface area contributed by atoms with Crippen molar-refractivity contribution in [2.24, 2.45) is 0 Å². The lowest BCUT2D eigenvalue weighted by atomic mass is 10.0. The summed E-state index contributed by atoms with van der Waals surface area (Å²) in [5, 5.41) is 31.7. The van der Waals surface area contributed by atoms with Crippen molar-refractivity contribution in [2.45, 2.75) is 200 Å². The Balaban J connectivity index is 0. The normalized spacial score (nSPS) is 11.8. The lowest BCUT2D eigenvalue weighted by Gasteiger charge is -2.09. The smallest absolute Gasteiger partial charge is 0.228 e. The van der Waals surface area contributed by atoms with Crippen LogP contribution in [0.15, 0.2) is 30.3 Å². The fraction of sp³-hybridized carbons (Fsp3) is 0.838. The Morgan fingerprint density at radius 1 is 0.457 bits per heavy atom. The number of nitrogens with zero attached hydrogens (tertiary/aromatic N) is 3. The highest BCUT2D eigenvalue weighted by Crippen LogP contribution is 2.16. The second-order valence-corrected chi connectivity index (χ2v) is 12.7. The standard InChI is InChI=1S/C16H33NO2.C14H29NO2.C7H7NO2/c1-3-5-7-9-11-13-15-16(17(18)19)14-12-10-8-6-4-2;1-3-5-6-7-8-9-10-11-13-14(12-4-2)15(16)17;9-8(10)6-7-4-2-1-3-5-7/h16H,3-15H2,1-2H3;14H,3-13H2,1-2H3;1-5H,6H2. The molecule has 9 nitrogen and oxygen atoms in total. The number of hydrogen-bond donors (Lipinski definition) is 0. The SMILES string of the molecule is CCCCCCCCC(CCCCCCC)[N+](=O)[O-].CCCCCCCCCCC(CCC)[N+](=O)[O-].O=[N+]([O-])Cc1ccccc1. The summed E-state index contributed by atoms with van der Waals surface area (Å²) in [4.78, 5) is 31.2. The number of unbranched alkanes of at least 4 members (excludes halogenated alkanes) is 16. The quantitative estimate of drug-likeness (QED) is 0.0503. The second-order valence-electron chi connectivity index (χ2n) is 12.7. The maximum absolute atomic E-state index is 11.0. The van der Waals surface area contributed by atoms with Crippen molar-refractivity contribution < 1.29 is 14.8 Å². The van der Waals surface area contributed by atoms with E-state index in [1.165, 1.54) is 96.3 Å². The molecule has 0 spiro atoms. The Hall–Kier alpha value is -2.58. The van der Waals surface area contributed by atoms with Crippen molar-refractivity contribution in [2.75, 3.05) is 0 Å². The lowest BCUT2D eigenvalue weighted by Crippen LogP contribution is -2.19. The molecule has 0 aromatic heterocycles. The summed E-state index contributed by atoms with van der Waals surface area (Å²) >= 11 is 0. The van der Waals surface area contributed by atoms with Crippen molar-refractivity contribution in [3.63, 3.8) is 0 Å². The van der Waals surface area contributed by atoms with E-state index in [0.29, 0.717) is 0 Å². The van der Waals surface area contributed by atoms with Gasteiger partial charge in [-0.25, -0.2) is 0 Å². The van der Waals surface area contributed by atoms with Crippen molar-refractivity contribution >= 4 is 0 Å². The summed E-state index contributed by atoms with van der Waals surface area (Å²) in [6.45, 7) is 8.57. The molecule has 1 aromatic rings. The molecule has 1 aromatic carbocycles. The largest absolute Gasteiger partial charge is 0.264 e. The molecule has 1 rings (SSSR count). The highest BCUT2D eigenvalue weighted by Gasteiger charge is 2.19. The van der Waals surface area contributed by atoms with E-state index in [2.05, 4.69) is 20.8 Å². The van der Waals surface area contributed by atoms with E-state index in [1.807, 2.05) is 13.0 Å². The van der Waals surface area contributed by atoms with Crippen LogP contribution in [-0.4, -0.2) is 26.9 Å². The van der Waals surface area contributed by atoms with E-state index >= 15 is 0 Å². The summed E-state index contributed by atoms with van der Waals surface area (Å²) in [6, 6.07) is 8.32. The molecular weight excluding hydrogens is 582 g/mol. The van der Waals surface area contributed by atoms with E-state index in [1.54, 1.807) is 24.3 Å². The van der Waals surface area contributed by atoms with E-state index in [0.717, 1.165) is 63.4 Å². The minimum absolute atomic E-state index is 0.0497. The van der Waals surface area contributed by atoms with Gasteiger partial charge in [0.05, 0.1) is 0 Å². The van der Waals surface area contributed by atoms with Crippen LogP contribution in [0.5, 0.6) is 0 Å². The van der Waals surface area contributed by atoms with Gasteiger partial charge in [0.15, 0.2) is 0 Å². The molecule has 0 radical (unpaired) electrons. The molecule has 0 bridgehead atoms. The van der Waals surface area contributed by atoms with Crippen molar-refractivity contribution in [3.05, 3.63) is 66.2 Å². The van der Waals surface area contributed by atoms with Gasteiger partial charge in [0.2, 0.25) is 18.6 Å². The molecule has 0 fully saturated rings. The molecule has 0 amide bonds. The molecule has 2 atom stereocenters. The molecule has 268 valence electrons. The first kappa shape index (κ1) is 45.5. The van der Waals surface area contributed by atoms with Crippen LogP contribution in [0.3, 0.4) is 0 Å². The molecule has 0 aliphatic heterocycles. The van der Waals surface area contributed by atoms with Gasteiger partial charge in [-0.05, 0) is 25.7 Å². The zero-order valence-electron chi connectivity index (χ0n) is 30.0. The van der Waals surface area contributed by atoms with E-state index < -0.39 is 0 Å². The topological polar surface area (TPSA) is 129 Å². The zero-order chi connectivity index (χ0) is 34.7. The van der Waals surface area contributed by atoms with Crippen molar-refractivity contribution in [3.8, 4) is 0 Å². The maximum Gasteiger partial charge on any atom is 0.228 e. The Kier molecular flexibility index (Phi) is 34.9. The molecule has 0 saturated carbocycles. The molecule has 2 unspecified atom stereocenters. The van der Waals surface area contributed by atoms with Crippen molar-refractivity contribution in [1.82, 2.24) is 0 Å². The van der Waals surface area contributed by atoms with Crippen LogP contribution >= 0.6 is 0 Å². The minimum atomic E-state index is -0.338. The van der Waals surface area contributed by atoms with Crippen LogP contribution in [0.25, 0.3) is 0 Å². The molecule has 0 aliphatic carbocycles. The van der Waals surface area contributed by atoms with Gasteiger partial charge in [0.25, 0.3) is 0 Å². The van der Waals surface area contributed by atoms with Gasteiger partial charge in [-0.2, -0.15) is 0 Å². The van der Waals surface area contributed by atoms with Crippen LogP contribution in [-0.2, 0) is 6.54 Å². The van der Waals surface area contributed by atoms with E-state index in [-0.39, 0.29) is 33.4 Å². The van der Waals surface area contributed by atoms with Crippen LogP contribution in [0.4, 0.5) is 0 Å². The molecule has 0 N–H and O–H groups in total. The van der Waals surface area contributed by atoms with Crippen molar-refractivity contribution in [1.29, 1.82) is 0 Å². The second kappa shape index (κ2) is 35.3. The van der Waals surface area contributed by atoms with E-state index in [4.69, 9.17) is 0 Å². The number of nitro groups is 3. The summed E-state index contributed by atoms with van der Waals surface area (Å²) in [6.07, 6.45) is 27.3. The summed E-state index contributed by atoms with van der Waals surface area (Å²) in [7, 11) is 0. The monoisotopic (exact) mass is 652 g/mol. The highest BCUT2D eigenvalue weighted by atomic mass is 16.6. The Morgan fingerprint density at radius 3 is 1.09 bits per heavy atom. The molecule has 0 saturated heterocycles. The average Bonchev–Trinajstić information content (AvgIpc) is 3.03. The first-order valence-corrected chi connectivity index (χ1v) is 18.7. The summed E-state index contributed by atoms with van der Waals surface area (Å²) < 4.78 is 0. The van der Waals surface area contributed by atoms with Gasteiger partial charge in [0, 0.05) is 46.0 Å². The van der Waals surface area contributed by atoms with Gasteiger partial charge in [-0.3, -0.25) is 30.3 Å². The number of benzene rings is 1. The van der Waals surface area contributed by atoms with Gasteiger partial charge >= 0.3 is 0 Å². The predicted octanol–water partition coefficient (Wildman–Crippen LogP) is 12.2. The number of hydrogen-bond acceptors (Lipinski definition) is 6. The molecule has 9 heteroatoms. The fourth-order valence-electron chi connectivity index (χ4n) is 5.43. The first-order chi connectivity index (χ1) is 22.2. The third kappa shape index (κ3) is 32.8. The predicted molar refractivity (Wildman–Crippen MR) is 192 cm³/mol. The Morgan fingerprint density at radius 2 is 0.783 bits per heavy atom. The highest BCUT2D eigenvalue weighted by molar-refractivity contribution is 5.13. The van der Waals surface area contributed by atoms with E-state index in [9.17, 15) is 30.3 Å². The molecule has 0 heterocycles. The Bertz CT molecular complexity index is 825. The lowest BCUT2D eigenvalue weighted by molar-refractivity contribution is -0.524. The molecular formula is C37H69N3O6. The maximum atomic E-state index is 11.0. The van der Waals surface area contributed by atoms with Crippen LogP contribution in [0.2, 0.25) is 0 Å². The fourth-order valence-corrected chi connectivity index (χ4v) is 5.43. The zero-order valence-corrected chi connectivity index (χ0v) is 30.0.